The van der Waals surface area contributed by atoms with E-state index in [9.17, 15) is 0 Å². The van der Waals surface area contributed by atoms with Crippen LogP contribution < -0.4 is 5.73 Å². The van der Waals surface area contributed by atoms with Crippen molar-refractivity contribution in [1.29, 1.82) is 0 Å². The molecule has 0 radical (unpaired) electrons. The summed E-state index contributed by atoms with van der Waals surface area (Å²) in [4.78, 5) is 0. The average molecular weight is 262 g/mol. The van der Waals surface area contributed by atoms with Crippen LogP contribution in [0.2, 0.25) is 0 Å². The minimum atomic E-state index is 0.0348. The van der Waals surface area contributed by atoms with E-state index in [0.29, 0.717) is 5.92 Å². The molecule has 1 aliphatic heterocycles. The molecule has 1 fully saturated rings. The van der Waals surface area contributed by atoms with Crippen LogP contribution in [-0.2, 0) is 4.74 Å². The Kier molecular flexibility index (Phi) is 4.64. The fourth-order valence-corrected chi connectivity index (χ4v) is 3.33. The molecule has 1 aromatic carbocycles. The van der Waals surface area contributed by atoms with Gasteiger partial charge in [0.25, 0.3) is 0 Å². The minimum absolute atomic E-state index is 0.0348. The van der Waals surface area contributed by atoms with E-state index in [4.69, 9.17) is 4.74 Å². The molecule has 1 saturated heterocycles. The standard InChI is InChI=1S/C17H27NO/c1-13-4-6-14(7-5-13)16(8-10-18)15-9-11-19-17(2,3)12-15/h4-7,15-16H,8-12,18H2,1-3H3/p+1. The summed E-state index contributed by atoms with van der Waals surface area (Å²) in [6.45, 7) is 8.50. The third-order valence-corrected chi connectivity index (χ3v) is 4.32. The number of ether oxygens (including phenoxy) is 1. The van der Waals surface area contributed by atoms with Crippen LogP contribution in [0, 0.1) is 12.8 Å². The van der Waals surface area contributed by atoms with Gasteiger partial charge in [0.05, 0.1) is 12.1 Å². The van der Waals surface area contributed by atoms with Crippen molar-refractivity contribution >= 4 is 0 Å². The summed E-state index contributed by atoms with van der Waals surface area (Å²) in [7, 11) is 0. The maximum absolute atomic E-state index is 5.86. The largest absolute Gasteiger partial charge is 0.376 e. The predicted molar refractivity (Wildman–Crippen MR) is 79.0 cm³/mol. The van der Waals surface area contributed by atoms with E-state index in [0.717, 1.165) is 25.5 Å². The molecule has 2 atom stereocenters. The molecule has 2 nitrogen and oxygen atoms in total. The van der Waals surface area contributed by atoms with Gasteiger partial charge in [-0.2, -0.15) is 0 Å². The number of quaternary nitrogens is 1. The first-order chi connectivity index (χ1) is 9.02. The van der Waals surface area contributed by atoms with E-state index in [-0.39, 0.29) is 5.60 Å². The van der Waals surface area contributed by atoms with Crippen molar-refractivity contribution in [3.8, 4) is 0 Å². The fraction of sp³-hybridized carbons (Fsp3) is 0.647. The topological polar surface area (TPSA) is 36.9 Å². The monoisotopic (exact) mass is 262 g/mol. The molecule has 0 saturated carbocycles. The van der Waals surface area contributed by atoms with Crippen LogP contribution >= 0.6 is 0 Å². The highest BCUT2D eigenvalue weighted by Crippen LogP contribution is 2.39. The molecule has 1 aliphatic rings. The van der Waals surface area contributed by atoms with Gasteiger partial charge in [0.2, 0.25) is 0 Å². The van der Waals surface area contributed by atoms with Crippen LogP contribution in [0.3, 0.4) is 0 Å². The molecule has 0 spiro atoms. The van der Waals surface area contributed by atoms with E-state index in [1.807, 2.05) is 0 Å². The summed E-state index contributed by atoms with van der Waals surface area (Å²) in [6, 6.07) is 9.07. The van der Waals surface area contributed by atoms with E-state index in [1.54, 1.807) is 0 Å². The molecule has 19 heavy (non-hydrogen) atoms. The number of hydrogen-bond acceptors (Lipinski definition) is 1. The second kappa shape index (κ2) is 6.06. The Labute approximate surface area is 117 Å². The third kappa shape index (κ3) is 3.80. The normalized spacial score (nSPS) is 24.1. The Morgan fingerprint density at radius 3 is 2.58 bits per heavy atom. The molecule has 0 amide bonds. The van der Waals surface area contributed by atoms with Gasteiger partial charge in [0.1, 0.15) is 0 Å². The van der Waals surface area contributed by atoms with Crippen LogP contribution in [0.1, 0.15) is 50.2 Å². The summed E-state index contributed by atoms with van der Waals surface area (Å²) in [6.07, 6.45) is 3.53. The van der Waals surface area contributed by atoms with E-state index in [2.05, 4.69) is 50.8 Å². The van der Waals surface area contributed by atoms with Crippen LogP contribution in [-0.4, -0.2) is 18.8 Å². The van der Waals surface area contributed by atoms with Gasteiger partial charge in [-0.25, -0.2) is 0 Å². The molecule has 106 valence electrons. The maximum atomic E-state index is 5.86. The Bertz CT molecular complexity index is 396. The van der Waals surface area contributed by atoms with Gasteiger partial charge in [0, 0.05) is 13.0 Å². The molecular weight excluding hydrogens is 234 g/mol. The maximum Gasteiger partial charge on any atom is 0.0745 e. The van der Waals surface area contributed by atoms with Gasteiger partial charge < -0.3 is 10.5 Å². The van der Waals surface area contributed by atoms with Crippen molar-refractivity contribution in [2.45, 2.75) is 51.6 Å². The first-order valence-corrected chi connectivity index (χ1v) is 7.51. The highest BCUT2D eigenvalue weighted by molar-refractivity contribution is 5.25. The zero-order chi connectivity index (χ0) is 13.9. The van der Waals surface area contributed by atoms with Crippen molar-refractivity contribution in [3.63, 3.8) is 0 Å². The zero-order valence-corrected chi connectivity index (χ0v) is 12.6. The highest BCUT2D eigenvalue weighted by Gasteiger charge is 2.33. The van der Waals surface area contributed by atoms with E-state index in [1.165, 1.54) is 24.0 Å². The lowest BCUT2D eigenvalue weighted by Gasteiger charge is -2.39. The summed E-state index contributed by atoms with van der Waals surface area (Å²) in [5.74, 6) is 1.37. The van der Waals surface area contributed by atoms with Crippen LogP contribution in [0.15, 0.2) is 24.3 Å². The molecule has 1 heterocycles. The summed E-state index contributed by atoms with van der Waals surface area (Å²) < 4.78 is 5.86. The summed E-state index contributed by atoms with van der Waals surface area (Å²) in [5.41, 5.74) is 6.92. The first kappa shape index (κ1) is 14.5. The van der Waals surface area contributed by atoms with Crippen molar-refractivity contribution in [3.05, 3.63) is 35.4 Å². The first-order valence-electron chi connectivity index (χ1n) is 7.51. The van der Waals surface area contributed by atoms with Gasteiger partial charge in [-0.3, -0.25) is 0 Å². The molecular formula is C17H28NO+. The molecule has 0 bridgehead atoms. The van der Waals surface area contributed by atoms with Gasteiger partial charge in [0.15, 0.2) is 0 Å². The molecule has 1 aromatic rings. The second-order valence-electron chi connectivity index (χ2n) is 6.52. The Balaban J connectivity index is 2.17. The van der Waals surface area contributed by atoms with Gasteiger partial charge >= 0.3 is 0 Å². The lowest BCUT2D eigenvalue weighted by atomic mass is 9.75. The van der Waals surface area contributed by atoms with Crippen molar-refractivity contribution in [2.24, 2.45) is 5.92 Å². The smallest absolute Gasteiger partial charge is 0.0745 e. The van der Waals surface area contributed by atoms with Crippen molar-refractivity contribution in [1.82, 2.24) is 0 Å². The average Bonchev–Trinajstić information content (AvgIpc) is 2.36. The highest BCUT2D eigenvalue weighted by atomic mass is 16.5. The fourth-order valence-electron chi connectivity index (χ4n) is 3.33. The third-order valence-electron chi connectivity index (χ3n) is 4.32. The molecule has 0 aromatic heterocycles. The number of hydrogen-bond donors (Lipinski definition) is 1. The summed E-state index contributed by atoms with van der Waals surface area (Å²) in [5, 5.41) is 0. The zero-order valence-electron chi connectivity index (χ0n) is 12.6. The van der Waals surface area contributed by atoms with Crippen LogP contribution in [0.5, 0.6) is 0 Å². The lowest BCUT2D eigenvalue weighted by molar-refractivity contribution is -0.369. The Morgan fingerprint density at radius 1 is 1.32 bits per heavy atom. The predicted octanol–water partition coefficient (Wildman–Crippen LogP) is 2.92. The molecule has 0 aliphatic carbocycles. The van der Waals surface area contributed by atoms with Crippen molar-refractivity contribution in [2.75, 3.05) is 13.2 Å². The number of aryl methyl sites for hydroxylation is 1. The van der Waals surface area contributed by atoms with Gasteiger partial charge in [-0.05, 0) is 51.0 Å². The Morgan fingerprint density at radius 2 is 2.00 bits per heavy atom. The minimum Gasteiger partial charge on any atom is -0.376 e. The number of benzene rings is 1. The molecule has 2 unspecified atom stereocenters. The Hall–Kier alpha value is -0.860. The molecule has 3 N–H and O–H groups in total. The molecule has 2 heteroatoms. The van der Waals surface area contributed by atoms with E-state index >= 15 is 0 Å². The van der Waals surface area contributed by atoms with Crippen LogP contribution in [0.4, 0.5) is 0 Å². The number of rotatable bonds is 4. The van der Waals surface area contributed by atoms with Crippen molar-refractivity contribution < 1.29 is 10.5 Å². The van der Waals surface area contributed by atoms with Gasteiger partial charge in [-0.1, -0.05) is 29.8 Å². The van der Waals surface area contributed by atoms with Crippen LogP contribution in [0.25, 0.3) is 0 Å². The van der Waals surface area contributed by atoms with E-state index < -0.39 is 0 Å². The quantitative estimate of drug-likeness (QED) is 0.890. The van der Waals surface area contributed by atoms with Gasteiger partial charge in [-0.15, -0.1) is 0 Å². The second-order valence-corrected chi connectivity index (χ2v) is 6.52. The SMILES string of the molecule is Cc1ccc(C(CC[NH3+])C2CCOC(C)(C)C2)cc1. The summed E-state index contributed by atoms with van der Waals surface area (Å²) >= 11 is 0. The molecule has 2 rings (SSSR count). The lowest BCUT2D eigenvalue weighted by Crippen LogP contribution is -2.51.